The van der Waals surface area contributed by atoms with E-state index in [0.29, 0.717) is 18.8 Å². The van der Waals surface area contributed by atoms with Crippen LogP contribution in [0.5, 0.6) is 5.75 Å². The molecular weight excluding hydrogens is 326 g/mol. The predicted molar refractivity (Wildman–Crippen MR) is 94.4 cm³/mol. The van der Waals surface area contributed by atoms with Gasteiger partial charge in [0.25, 0.3) is 5.91 Å². The smallest absolute Gasteiger partial charge is 0.273 e. The summed E-state index contributed by atoms with van der Waals surface area (Å²) in [5, 5.41) is 5.18. The van der Waals surface area contributed by atoms with Gasteiger partial charge in [0, 0.05) is 24.0 Å². The average molecular weight is 347 g/mol. The van der Waals surface area contributed by atoms with E-state index in [9.17, 15) is 9.59 Å². The number of likely N-dealkylation sites (N-methyl/N-ethyl adjacent to an activating group) is 2. The van der Waals surface area contributed by atoms with Crippen LogP contribution in [0.1, 0.15) is 24.3 Å². The van der Waals surface area contributed by atoms with E-state index in [2.05, 4.69) is 10.3 Å². The number of hydrogen-bond donors (Lipinski definition) is 1. The number of amides is 2. The molecule has 2 rings (SSSR count). The molecular formula is C17H21N3O3S. The van der Waals surface area contributed by atoms with Crippen LogP contribution in [0.2, 0.25) is 0 Å². The fourth-order valence-corrected chi connectivity index (χ4v) is 2.95. The van der Waals surface area contributed by atoms with E-state index in [1.165, 1.54) is 16.2 Å². The predicted octanol–water partition coefficient (Wildman–Crippen LogP) is 2.42. The largest absolute Gasteiger partial charge is 0.497 e. The van der Waals surface area contributed by atoms with Gasteiger partial charge in [0.15, 0.2) is 0 Å². The first-order valence-corrected chi connectivity index (χ1v) is 8.62. The number of carbonyl (C=O) groups excluding carboxylic acids is 2. The first-order valence-electron chi connectivity index (χ1n) is 7.75. The van der Waals surface area contributed by atoms with Gasteiger partial charge < -0.3 is 15.0 Å². The molecule has 0 unspecified atom stereocenters. The number of thiazole rings is 1. The average Bonchev–Trinajstić information content (AvgIpc) is 3.09. The zero-order valence-electron chi connectivity index (χ0n) is 14.0. The highest BCUT2D eigenvalue weighted by Crippen LogP contribution is 2.26. The van der Waals surface area contributed by atoms with Crippen LogP contribution in [0, 0.1) is 0 Å². The number of ether oxygens (including phenoxy) is 1. The highest BCUT2D eigenvalue weighted by Gasteiger charge is 2.20. The molecule has 0 spiro atoms. The Bertz CT molecular complexity index is 697. The van der Waals surface area contributed by atoms with E-state index in [4.69, 9.17) is 4.74 Å². The van der Waals surface area contributed by atoms with Gasteiger partial charge >= 0.3 is 0 Å². The standard InChI is InChI=1S/C17H21N3O3S/c1-4-18-15(21)10-20(5-2)17(22)14-11-24-16(19-14)12-6-8-13(23-3)9-7-12/h6-9,11H,4-5,10H2,1-3H3,(H,18,21). The molecule has 7 heteroatoms. The van der Waals surface area contributed by atoms with Crippen molar-refractivity contribution in [1.29, 1.82) is 0 Å². The van der Waals surface area contributed by atoms with E-state index in [-0.39, 0.29) is 18.4 Å². The van der Waals surface area contributed by atoms with Gasteiger partial charge in [-0.3, -0.25) is 9.59 Å². The second kappa shape index (κ2) is 8.44. The van der Waals surface area contributed by atoms with Gasteiger partial charge in [0.05, 0.1) is 13.7 Å². The molecule has 0 aliphatic heterocycles. The van der Waals surface area contributed by atoms with E-state index in [0.717, 1.165) is 16.3 Å². The summed E-state index contributed by atoms with van der Waals surface area (Å²) in [6, 6.07) is 7.51. The summed E-state index contributed by atoms with van der Waals surface area (Å²) in [6.07, 6.45) is 0. The highest BCUT2D eigenvalue weighted by atomic mass is 32.1. The maximum Gasteiger partial charge on any atom is 0.273 e. The molecule has 0 atom stereocenters. The normalized spacial score (nSPS) is 10.3. The highest BCUT2D eigenvalue weighted by molar-refractivity contribution is 7.13. The third-order valence-electron chi connectivity index (χ3n) is 3.44. The van der Waals surface area contributed by atoms with Crippen molar-refractivity contribution >= 4 is 23.2 Å². The lowest BCUT2D eigenvalue weighted by atomic mass is 10.2. The van der Waals surface area contributed by atoms with Crippen molar-refractivity contribution in [2.75, 3.05) is 26.7 Å². The maximum atomic E-state index is 12.5. The van der Waals surface area contributed by atoms with Crippen LogP contribution in [-0.2, 0) is 4.79 Å². The summed E-state index contributed by atoms with van der Waals surface area (Å²) < 4.78 is 5.14. The Morgan fingerprint density at radius 2 is 1.96 bits per heavy atom. The first kappa shape index (κ1) is 17.9. The van der Waals surface area contributed by atoms with Crippen LogP contribution in [-0.4, -0.2) is 48.4 Å². The summed E-state index contributed by atoms with van der Waals surface area (Å²) in [7, 11) is 1.61. The van der Waals surface area contributed by atoms with Crippen LogP contribution < -0.4 is 10.1 Å². The molecule has 0 aliphatic carbocycles. The van der Waals surface area contributed by atoms with Crippen molar-refractivity contribution in [1.82, 2.24) is 15.2 Å². The second-order valence-electron chi connectivity index (χ2n) is 5.04. The van der Waals surface area contributed by atoms with Crippen LogP contribution in [0.25, 0.3) is 10.6 Å². The van der Waals surface area contributed by atoms with E-state index in [1.54, 1.807) is 12.5 Å². The second-order valence-corrected chi connectivity index (χ2v) is 5.90. The summed E-state index contributed by atoms with van der Waals surface area (Å²) in [5.41, 5.74) is 1.28. The van der Waals surface area contributed by atoms with Crippen molar-refractivity contribution in [3.63, 3.8) is 0 Å². The lowest BCUT2D eigenvalue weighted by molar-refractivity contribution is -0.121. The molecule has 128 valence electrons. The topological polar surface area (TPSA) is 71.5 Å². The van der Waals surface area contributed by atoms with Gasteiger partial charge in [-0.25, -0.2) is 4.98 Å². The fraction of sp³-hybridized carbons (Fsp3) is 0.353. The number of carbonyl (C=O) groups is 2. The third kappa shape index (κ3) is 4.32. The molecule has 1 aromatic carbocycles. The summed E-state index contributed by atoms with van der Waals surface area (Å²) in [5.74, 6) is 0.365. The number of aromatic nitrogens is 1. The van der Waals surface area contributed by atoms with Crippen molar-refractivity contribution < 1.29 is 14.3 Å². The molecule has 2 aromatic rings. The van der Waals surface area contributed by atoms with Gasteiger partial charge in [-0.1, -0.05) is 0 Å². The molecule has 0 aliphatic rings. The Kier molecular flexibility index (Phi) is 6.31. The quantitative estimate of drug-likeness (QED) is 0.835. The Labute approximate surface area is 145 Å². The summed E-state index contributed by atoms with van der Waals surface area (Å²) in [4.78, 5) is 30.1. The number of hydrogen-bond acceptors (Lipinski definition) is 5. The van der Waals surface area contributed by atoms with Gasteiger partial charge in [-0.05, 0) is 38.1 Å². The van der Waals surface area contributed by atoms with Crippen LogP contribution >= 0.6 is 11.3 Å². The Hall–Kier alpha value is -2.41. The minimum atomic E-state index is -0.236. The molecule has 0 saturated carbocycles. The monoisotopic (exact) mass is 347 g/mol. The lowest BCUT2D eigenvalue weighted by Gasteiger charge is -2.18. The summed E-state index contributed by atoms with van der Waals surface area (Å²) in [6.45, 7) is 4.72. The molecule has 1 heterocycles. The molecule has 2 amide bonds. The molecule has 0 radical (unpaired) electrons. The minimum absolute atomic E-state index is 0.0402. The first-order chi connectivity index (χ1) is 11.6. The van der Waals surface area contributed by atoms with Crippen molar-refractivity contribution in [3.8, 4) is 16.3 Å². The van der Waals surface area contributed by atoms with E-state index < -0.39 is 0 Å². The van der Waals surface area contributed by atoms with Gasteiger partial charge in [0.1, 0.15) is 16.5 Å². The Morgan fingerprint density at radius 3 is 2.54 bits per heavy atom. The molecule has 0 saturated heterocycles. The van der Waals surface area contributed by atoms with Crippen molar-refractivity contribution in [3.05, 3.63) is 35.3 Å². The molecule has 1 N–H and O–H groups in total. The number of benzene rings is 1. The number of methoxy groups -OCH3 is 1. The SMILES string of the molecule is CCNC(=O)CN(CC)C(=O)c1csc(-c2ccc(OC)cc2)n1. The van der Waals surface area contributed by atoms with Crippen LogP contribution in [0.3, 0.4) is 0 Å². The molecule has 0 bridgehead atoms. The zero-order chi connectivity index (χ0) is 17.5. The van der Waals surface area contributed by atoms with Crippen LogP contribution in [0.4, 0.5) is 0 Å². The van der Waals surface area contributed by atoms with Gasteiger partial charge in [0.2, 0.25) is 5.91 Å². The Balaban J connectivity index is 2.12. The Morgan fingerprint density at radius 1 is 1.25 bits per heavy atom. The maximum absolute atomic E-state index is 12.5. The van der Waals surface area contributed by atoms with Gasteiger partial charge in [-0.2, -0.15) is 0 Å². The minimum Gasteiger partial charge on any atom is -0.497 e. The lowest BCUT2D eigenvalue weighted by Crippen LogP contribution is -2.40. The zero-order valence-corrected chi connectivity index (χ0v) is 14.9. The molecule has 6 nitrogen and oxygen atoms in total. The third-order valence-corrected chi connectivity index (χ3v) is 4.33. The molecule has 0 fully saturated rings. The van der Waals surface area contributed by atoms with E-state index >= 15 is 0 Å². The molecule has 24 heavy (non-hydrogen) atoms. The van der Waals surface area contributed by atoms with Crippen LogP contribution in [0.15, 0.2) is 29.6 Å². The number of nitrogens with one attached hydrogen (secondary N) is 1. The summed E-state index contributed by atoms with van der Waals surface area (Å²) >= 11 is 1.40. The fourth-order valence-electron chi connectivity index (χ4n) is 2.15. The van der Waals surface area contributed by atoms with Gasteiger partial charge in [-0.15, -0.1) is 11.3 Å². The number of nitrogens with zero attached hydrogens (tertiary/aromatic N) is 2. The molecule has 1 aromatic heterocycles. The number of rotatable bonds is 7. The van der Waals surface area contributed by atoms with Crippen molar-refractivity contribution in [2.24, 2.45) is 0 Å². The van der Waals surface area contributed by atoms with Crippen molar-refractivity contribution in [2.45, 2.75) is 13.8 Å². The van der Waals surface area contributed by atoms with E-state index in [1.807, 2.05) is 38.1 Å².